The van der Waals surface area contributed by atoms with E-state index in [0.29, 0.717) is 12.5 Å². The second-order valence-corrected chi connectivity index (χ2v) is 5.16. The molecule has 96 valence electrons. The molecule has 1 atom stereocenters. The lowest BCUT2D eigenvalue weighted by Crippen LogP contribution is -2.25. The molecule has 0 aliphatic carbocycles. The van der Waals surface area contributed by atoms with Gasteiger partial charge >= 0.3 is 0 Å². The largest absolute Gasteiger partial charge is 0.340 e. The lowest BCUT2D eigenvalue weighted by atomic mass is 10.1. The first-order valence-corrected chi connectivity index (χ1v) is 6.79. The third-order valence-corrected chi connectivity index (χ3v) is 3.66. The smallest absolute Gasteiger partial charge is 0.253 e. The maximum Gasteiger partial charge on any atom is 0.253 e. The molecule has 1 aromatic carbocycles. The molecular formula is C13H16BrN3O. The SMILES string of the molecule is CCCN=C1NC(=O)C(c2ccc(C)c(Br)c2)N1. The predicted molar refractivity (Wildman–Crippen MR) is 75.5 cm³/mol. The van der Waals surface area contributed by atoms with Gasteiger partial charge in [0.15, 0.2) is 5.96 Å². The zero-order valence-electron chi connectivity index (χ0n) is 10.5. The minimum atomic E-state index is -0.350. The number of carbonyl (C=O) groups is 1. The van der Waals surface area contributed by atoms with Crippen molar-refractivity contribution < 1.29 is 4.79 Å². The Kier molecular flexibility index (Phi) is 4.01. The lowest BCUT2D eigenvalue weighted by molar-refractivity contribution is -0.120. The van der Waals surface area contributed by atoms with Crippen molar-refractivity contribution in [3.63, 3.8) is 0 Å². The first-order valence-electron chi connectivity index (χ1n) is 5.99. The minimum absolute atomic E-state index is 0.0550. The molecule has 4 nitrogen and oxygen atoms in total. The van der Waals surface area contributed by atoms with E-state index in [9.17, 15) is 4.79 Å². The van der Waals surface area contributed by atoms with Crippen LogP contribution in [0.25, 0.3) is 0 Å². The van der Waals surface area contributed by atoms with E-state index in [1.807, 2.05) is 25.1 Å². The average Bonchev–Trinajstić information content (AvgIpc) is 2.71. The molecule has 0 spiro atoms. The van der Waals surface area contributed by atoms with Gasteiger partial charge in [0.1, 0.15) is 6.04 Å². The van der Waals surface area contributed by atoms with Gasteiger partial charge in [0.2, 0.25) is 0 Å². The highest BCUT2D eigenvalue weighted by Gasteiger charge is 2.29. The van der Waals surface area contributed by atoms with Crippen molar-refractivity contribution in [3.8, 4) is 0 Å². The lowest BCUT2D eigenvalue weighted by Gasteiger charge is -2.09. The van der Waals surface area contributed by atoms with Gasteiger partial charge in [-0.3, -0.25) is 15.1 Å². The summed E-state index contributed by atoms with van der Waals surface area (Å²) in [5.41, 5.74) is 2.09. The van der Waals surface area contributed by atoms with Crippen LogP contribution in [0.5, 0.6) is 0 Å². The second-order valence-electron chi connectivity index (χ2n) is 4.31. The van der Waals surface area contributed by atoms with Gasteiger partial charge in [-0.05, 0) is 30.5 Å². The molecule has 2 rings (SSSR count). The molecule has 1 unspecified atom stereocenters. The number of carbonyl (C=O) groups excluding carboxylic acids is 1. The summed E-state index contributed by atoms with van der Waals surface area (Å²) >= 11 is 3.48. The fourth-order valence-corrected chi connectivity index (χ4v) is 2.16. The van der Waals surface area contributed by atoms with Crippen LogP contribution < -0.4 is 10.6 Å². The maximum absolute atomic E-state index is 11.9. The molecule has 1 aromatic rings. The summed E-state index contributed by atoms with van der Waals surface area (Å²) in [5.74, 6) is 0.518. The summed E-state index contributed by atoms with van der Waals surface area (Å²) in [6.45, 7) is 4.78. The van der Waals surface area contributed by atoms with Gasteiger partial charge in [-0.1, -0.05) is 35.0 Å². The highest BCUT2D eigenvalue weighted by atomic mass is 79.9. The number of nitrogens with one attached hydrogen (secondary N) is 2. The van der Waals surface area contributed by atoms with Crippen LogP contribution in [0.4, 0.5) is 0 Å². The summed E-state index contributed by atoms with van der Waals surface area (Å²) in [7, 11) is 0. The number of nitrogens with zero attached hydrogens (tertiary/aromatic N) is 1. The zero-order valence-corrected chi connectivity index (χ0v) is 12.0. The van der Waals surface area contributed by atoms with Crippen LogP contribution in [0.3, 0.4) is 0 Å². The number of benzene rings is 1. The van der Waals surface area contributed by atoms with Crippen molar-refractivity contribution in [2.45, 2.75) is 26.3 Å². The van der Waals surface area contributed by atoms with Crippen molar-refractivity contribution in [1.29, 1.82) is 0 Å². The van der Waals surface area contributed by atoms with Gasteiger partial charge in [-0.15, -0.1) is 0 Å². The van der Waals surface area contributed by atoms with Crippen molar-refractivity contribution >= 4 is 27.8 Å². The van der Waals surface area contributed by atoms with Gasteiger partial charge in [0.05, 0.1) is 0 Å². The second kappa shape index (κ2) is 5.52. The van der Waals surface area contributed by atoms with Crippen LogP contribution >= 0.6 is 15.9 Å². The van der Waals surface area contributed by atoms with Gasteiger partial charge < -0.3 is 5.32 Å². The van der Waals surface area contributed by atoms with Gasteiger partial charge in [0, 0.05) is 11.0 Å². The highest BCUT2D eigenvalue weighted by Crippen LogP contribution is 2.23. The molecule has 1 heterocycles. The molecule has 1 aliphatic heterocycles. The summed E-state index contributed by atoms with van der Waals surface area (Å²) in [6.07, 6.45) is 0.960. The summed E-state index contributed by atoms with van der Waals surface area (Å²) < 4.78 is 1.01. The van der Waals surface area contributed by atoms with Crippen molar-refractivity contribution in [3.05, 3.63) is 33.8 Å². The molecule has 5 heteroatoms. The third kappa shape index (κ3) is 2.72. The number of rotatable bonds is 3. The van der Waals surface area contributed by atoms with Gasteiger partial charge in [-0.25, -0.2) is 0 Å². The van der Waals surface area contributed by atoms with E-state index in [-0.39, 0.29) is 11.9 Å². The minimum Gasteiger partial charge on any atom is -0.340 e. The van der Waals surface area contributed by atoms with Crippen LogP contribution in [0.1, 0.15) is 30.5 Å². The number of halogens is 1. The van der Waals surface area contributed by atoms with Gasteiger partial charge in [-0.2, -0.15) is 0 Å². The number of hydrogen-bond donors (Lipinski definition) is 2. The topological polar surface area (TPSA) is 53.5 Å². The van der Waals surface area contributed by atoms with E-state index in [1.165, 1.54) is 0 Å². The zero-order chi connectivity index (χ0) is 13.1. The first kappa shape index (κ1) is 13.1. The average molecular weight is 310 g/mol. The van der Waals surface area contributed by atoms with E-state index in [2.05, 4.69) is 38.5 Å². The Bertz CT molecular complexity index is 499. The van der Waals surface area contributed by atoms with Crippen LogP contribution in [0.2, 0.25) is 0 Å². The van der Waals surface area contributed by atoms with E-state index >= 15 is 0 Å². The molecule has 1 saturated heterocycles. The normalized spacial score (nSPS) is 20.9. The van der Waals surface area contributed by atoms with E-state index in [1.54, 1.807) is 0 Å². The quantitative estimate of drug-likeness (QED) is 0.900. The van der Waals surface area contributed by atoms with E-state index in [4.69, 9.17) is 0 Å². The Morgan fingerprint density at radius 1 is 1.44 bits per heavy atom. The number of guanidine groups is 1. The monoisotopic (exact) mass is 309 g/mol. The van der Waals surface area contributed by atoms with Gasteiger partial charge in [0.25, 0.3) is 5.91 Å². The Balaban J connectivity index is 2.19. The highest BCUT2D eigenvalue weighted by molar-refractivity contribution is 9.10. The summed E-state index contributed by atoms with van der Waals surface area (Å²) in [4.78, 5) is 16.1. The molecule has 1 aliphatic rings. The fraction of sp³-hybridized carbons (Fsp3) is 0.385. The van der Waals surface area contributed by atoms with Crippen molar-refractivity contribution in [2.24, 2.45) is 4.99 Å². The maximum atomic E-state index is 11.9. The van der Waals surface area contributed by atoms with Crippen LogP contribution in [-0.4, -0.2) is 18.4 Å². The Hall–Kier alpha value is -1.36. The van der Waals surface area contributed by atoms with Crippen molar-refractivity contribution in [2.75, 3.05) is 6.54 Å². The number of aliphatic imine (C=N–C) groups is 1. The Morgan fingerprint density at radius 3 is 2.89 bits per heavy atom. The Morgan fingerprint density at radius 2 is 2.22 bits per heavy atom. The van der Waals surface area contributed by atoms with E-state index in [0.717, 1.165) is 22.0 Å². The number of hydrogen-bond acceptors (Lipinski definition) is 2. The van der Waals surface area contributed by atoms with E-state index < -0.39 is 0 Å². The number of amides is 1. The van der Waals surface area contributed by atoms with Crippen LogP contribution in [-0.2, 0) is 4.79 Å². The number of aryl methyl sites for hydroxylation is 1. The summed E-state index contributed by atoms with van der Waals surface area (Å²) in [5, 5.41) is 5.86. The molecule has 2 N–H and O–H groups in total. The molecular weight excluding hydrogens is 294 g/mol. The Labute approximate surface area is 115 Å². The predicted octanol–water partition coefficient (Wildman–Crippen LogP) is 2.28. The van der Waals surface area contributed by atoms with Crippen LogP contribution in [0.15, 0.2) is 27.7 Å². The molecule has 18 heavy (non-hydrogen) atoms. The first-order chi connectivity index (χ1) is 8.61. The fourth-order valence-electron chi connectivity index (χ4n) is 1.76. The van der Waals surface area contributed by atoms with Crippen LogP contribution in [0, 0.1) is 6.92 Å². The molecule has 0 saturated carbocycles. The standard InChI is InChI=1S/C13H16BrN3O/c1-3-6-15-13-16-11(12(18)17-13)9-5-4-8(2)10(14)7-9/h4-5,7,11H,3,6H2,1-2H3,(H2,15,16,17,18). The molecule has 1 fully saturated rings. The third-order valence-electron chi connectivity index (χ3n) is 2.81. The molecule has 0 aromatic heterocycles. The molecule has 0 bridgehead atoms. The molecule has 0 radical (unpaired) electrons. The van der Waals surface area contributed by atoms with Crippen molar-refractivity contribution in [1.82, 2.24) is 10.6 Å². The summed E-state index contributed by atoms with van der Waals surface area (Å²) in [6, 6.07) is 5.57. The molecule has 1 amide bonds.